The van der Waals surface area contributed by atoms with Crippen LogP contribution in [-0.2, 0) is 0 Å². The molecule has 19 heavy (non-hydrogen) atoms. The van der Waals surface area contributed by atoms with E-state index in [1.807, 2.05) is 31.2 Å². The van der Waals surface area contributed by atoms with Crippen LogP contribution in [0.1, 0.15) is 39.0 Å². The molecule has 0 bridgehead atoms. The van der Waals surface area contributed by atoms with Crippen LogP contribution < -0.4 is 9.47 Å². The fraction of sp³-hybridized carbons (Fsp3) is 0.625. The van der Waals surface area contributed by atoms with E-state index in [4.69, 9.17) is 9.47 Å². The van der Waals surface area contributed by atoms with Crippen molar-refractivity contribution >= 4 is 0 Å². The minimum Gasteiger partial charge on any atom is -0.490 e. The van der Waals surface area contributed by atoms with Gasteiger partial charge in [-0.1, -0.05) is 31.4 Å². The van der Waals surface area contributed by atoms with Crippen LogP contribution in [0.3, 0.4) is 0 Å². The van der Waals surface area contributed by atoms with Gasteiger partial charge in [0.1, 0.15) is 6.61 Å². The van der Waals surface area contributed by atoms with E-state index < -0.39 is 0 Å². The van der Waals surface area contributed by atoms with Crippen molar-refractivity contribution in [1.29, 1.82) is 0 Å². The van der Waals surface area contributed by atoms with Gasteiger partial charge in [-0.15, -0.1) is 0 Å². The summed E-state index contributed by atoms with van der Waals surface area (Å²) in [4.78, 5) is 0. The van der Waals surface area contributed by atoms with Crippen molar-refractivity contribution < 1.29 is 14.6 Å². The summed E-state index contributed by atoms with van der Waals surface area (Å²) >= 11 is 0. The molecule has 1 N–H and O–H groups in total. The zero-order valence-corrected chi connectivity index (χ0v) is 11.7. The van der Waals surface area contributed by atoms with Gasteiger partial charge in [-0.3, -0.25) is 0 Å². The molecule has 1 aliphatic rings. The first-order valence-electron chi connectivity index (χ1n) is 7.34. The molecule has 1 aromatic rings. The lowest BCUT2D eigenvalue weighted by Gasteiger charge is -2.26. The summed E-state index contributed by atoms with van der Waals surface area (Å²) in [7, 11) is 0. The predicted octanol–water partition coefficient (Wildman–Crippen LogP) is 3.41. The van der Waals surface area contributed by atoms with Gasteiger partial charge in [-0.25, -0.2) is 0 Å². The smallest absolute Gasteiger partial charge is 0.161 e. The van der Waals surface area contributed by atoms with Gasteiger partial charge in [0.15, 0.2) is 11.5 Å². The largest absolute Gasteiger partial charge is 0.490 e. The lowest BCUT2D eigenvalue weighted by Crippen LogP contribution is -2.28. The van der Waals surface area contributed by atoms with E-state index in [2.05, 4.69) is 0 Å². The second-order valence-corrected chi connectivity index (χ2v) is 5.16. The molecule has 0 radical (unpaired) electrons. The maximum atomic E-state index is 10.2. The highest BCUT2D eigenvalue weighted by atomic mass is 16.5. The summed E-state index contributed by atoms with van der Waals surface area (Å²) in [6.07, 6.45) is 5.65. The van der Waals surface area contributed by atoms with E-state index in [1.54, 1.807) is 0 Å². The molecule has 0 saturated heterocycles. The first-order chi connectivity index (χ1) is 9.31. The summed E-state index contributed by atoms with van der Waals surface area (Å²) in [6.45, 7) is 2.92. The number of aliphatic hydroxyl groups is 1. The van der Waals surface area contributed by atoms with E-state index in [0.29, 0.717) is 19.1 Å². The van der Waals surface area contributed by atoms with Crippen molar-refractivity contribution in [3.05, 3.63) is 24.3 Å². The number of hydrogen-bond acceptors (Lipinski definition) is 3. The summed E-state index contributed by atoms with van der Waals surface area (Å²) in [6, 6.07) is 7.63. The second kappa shape index (κ2) is 7.39. The Labute approximate surface area is 115 Å². The van der Waals surface area contributed by atoms with E-state index in [0.717, 1.165) is 24.3 Å². The molecule has 1 unspecified atom stereocenters. The van der Waals surface area contributed by atoms with Crippen LogP contribution in [0.2, 0.25) is 0 Å². The van der Waals surface area contributed by atoms with Crippen molar-refractivity contribution in [3.8, 4) is 11.5 Å². The van der Waals surface area contributed by atoms with Gasteiger partial charge >= 0.3 is 0 Å². The molecule has 0 spiro atoms. The van der Waals surface area contributed by atoms with Crippen molar-refractivity contribution in [2.45, 2.75) is 45.1 Å². The molecule has 1 aliphatic carbocycles. The number of para-hydroxylation sites is 2. The Morgan fingerprint density at radius 1 is 1.11 bits per heavy atom. The van der Waals surface area contributed by atoms with Gasteiger partial charge in [0, 0.05) is 0 Å². The molecular formula is C16H24O3. The van der Waals surface area contributed by atoms with E-state index in [-0.39, 0.29) is 6.10 Å². The van der Waals surface area contributed by atoms with E-state index in [1.165, 1.54) is 19.3 Å². The topological polar surface area (TPSA) is 38.7 Å². The Hall–Kier alpha value is -1.22. The summed E-state index contributed by atoms with van der Waals surface area (Å²) in [5.41, 5.74) is 0. The average Bonchev–Trinajstić information content (AvgIpc) is 2.47. The van der Waals surface area contributed by atoms with Crippen molar-refractivity contribution in [1.82, 2.24) is 0 Å². The summed E-state index contributed by atoms with van der Waals surface area (Å²) in [5, 5.41) is 10.2. The summed E-state index contributed by atoms with van der Waals surface area (Å²) < 4.78 is 11.2. The first kappa shape index (κ1) is 14.2. The molecule has 0 amide bonds. The number of benzene rings is 1. The number of hydrogen-bond donors (Lipinski definition) is 1. The molecule has 2 rings (SSSR count). The maximum absolute atomic E-state index is 10.2. The standard InChI is InChI=1S/C16H24O3/c1-2-18-15-10-6-7-11-16(15)19-12-14(17)13-8-4-3-5-9-13/h6-7,10-11,13-14,17H,2-5,8-9,12H2,1H3. The van der Waals surface area contributed by atoms with Gasteiger partial charge in [-0.05, 0) is 37.8 Å². The molecule has 0 aliphatic heterocycles. The van der Waals surface area contributed by atoms with Gasteiger partial charge in [0.25, 0.3) is 0 Å². The highest BCUT2D eigenvalue weighted by Crippen LogP contribution is 2.29. The molecule has 1 fully saturated rings. The van der Waals surface area contributed by atoms with Crippen LogP contribution >= 0.6 is 0 Å². The molecule has 0 heterocycles. The summed E-state index contributed by atoms with van der Waals surface area (Å²) in [5.74, 6) is 1.87. The van der Waals surface area contributed by atoms with E-state index in [9.17, 15) is 5.11 Å². The Bertz CT molecular complexity index is 372. The molecule has 1 saturated carbocycles. The lowest BCUT2D eigenvalue weighted by molar-refractivity contribution is 0.0403. The van der Waals surface area contributed by atoms with Crippen LogP contribution in [0.5, 0.6) is 11.5 Å². The Morgan fingerprint density at radius 2 is 1.74 bits per heavy atom. The fourth-order valence-electron chi connectivity index (χ4n) is 2.67. The number of aliphatic hydroxyl groups excluding tert-OH is 1. The van der Waals surface area contributed by atoms with Crippen molar-refractivity contribution in [2.75, 3.05) is 13.2 Å². The molecule has 3 nitrogen and oxygen atoms in total. The third-order valence-corrected chi connectivity index (χ3v) is 3.75. The van der Waals surface area contributed by atoms with Gasteiger partial charge in [-0.2, -0.15) is 0 Å². The highest BCUT2D eigenvalue weighted by molar-refractivity contribution is 5.39. The number of rotatable bonds is 6. The predicted molar refractivity (Wildman–Crippen MR) is 75.7 cm³/mol. The third-order valence-electron chi connectivity index (χ3n) is 3.75. The van der Waals surface area contributed by atoms with Gasteiger partial charge in [0.2, 0.25) is 0 Å². The fourth-order valence-corrected chi connectivity index (χ4v) is 2.67. The van der Waals surface area contributed by atoms with Crippen LogP contribution in [0.25, 0.3) is 0 Å². The second-order valence-electron chi connectivity index (χ2n) is 5.16. The molecule has 1 aromatic carbocycles. The SMILES string of the molecule is CCOc1ccccc1OCC(O)C1CCCCC1. The lowest BCUT2D eigenvalue weighted by atomic mass is 9.85. The molecular weight excluding hydrogens is 240 g/mol. The zero-order valence-electron chi connectivity index (χ0n) is 11.7. The van der Waals surface area contributed by atoms with Crippen LogP contribution in [-0.4, -0.2) is 24.4 Å². The van der Waals surface area contributed by atoms with Crippen LogP contribution in [0.15, 0.2) is 24.3 Å². The molecule has 3 heteroatoms. The maximum Gasteiger partial charge on any atom is 0.161 e. The molecule has 106 valence electrons. The molecule has 1 atom stereocenters. The Morgan fingerprint density at radius 3 is 2.37 bits per heavy atom. The van der Waals surface area contributed by atoms with Crippen LogP contribution in [0.4, 0.5) is 0 Å². The van der Waals surface area contributed by atoms with Gasteiger partial charge in [0.05, 0.1) is 12.7 Å². The Balaban J connectivity index is 1.87. The minimum atomic E-state index is -0.366. The van der Waals surface area contributed by atoms with Gasteiger partial charge < -0.3 is 14.6 Å². The minimum absolute atomic E-state index is 0.356. The van der Waals surface area contributed by atoms with Crippen molar-refractivity contribution in [3.63, 3.8) is 0 Å². The first-order valence-corrected chi connectivity index (χ1v) is 7.34. The van der Waals surface area contributed by atoms with Crippen molar-refractivity contribution in [2.24, 2.45) is 5.92 Å². The normalized spacial score (nSPS) is 18.0. The van der Waals surface area contributed by atoms with E-state index >= 15 is 0 Å². The highest BCUT2D eigenvalue weighted by Gasteiger charge is 2.22. The molecule has 0 aromatic heterocycles. The number of ether oxygens (including phenoxy) is 2. The Kier molecular flexibility index (Phi) is 5.52. The average molecular weight is 264 g/mol. The zero-order chi connectivity index (χ0) is 13.5. The quantitative estimate of drug-likeness (QED) is 0.855. The van der Waals surface area contributed by atoms with Crippen LogP contribution in [0, 0.1) is 5.92 Å². The third kappa shape index (κ3) is 4.13. The monoisotopic (exact) mass is 264 g/mol.